The topological polar surface area (TPSA) is 29.5 Å². The molecule has 1 spiro atoms. The lowest BCUT2D eigenvalue weighted by molar-refractivity contribution is 0.668. The quantitative estimate of drug-likeness (QED) is 0.177. The smallest absolute Gasteiger partial charge is 0.143 e. The van der Waals surface area contributed by atoms with Crippen LogP contribution in [-0.4, -0.2) is 0 Å². The highest BCUT2D eigenvalue weighted by molar-refractivity contribution is 6.13. The molecule has 0 aliphatic heterocycles. The van der Waals surface area contributed by atoms with E-state index < -0.39 is 5.41 Å². The Morgan fingerprint density at radius 3 is 1.58 bits per heavy atom. The van der Waals surface area contributed by atoms with E-state index in [1.807, 2.05) is 12.1 Å². The van der Waals surface area contributed by atoms with E-state index in [0.717, 1.165) is 60.9 Å². The van der Waals surface area contributed by atoms with Crippen molar-refractivity contribution in [3.63, 3.8) is 0 Å². The van der Waals surface area contributed by atoms with Gasteiger partial charge in [-0.2, -0.15) is 0 Å². The minimum absolute atomic E-state index is 0.655. The number of benzene rings is 10. The number of rotatable bonds is 4. The van der Waals surface area contributed by atoms with Crippen molar-refractivity contribution in [1.29, 1.82) is 0 Å². The summed E-state index contributed by atoms with van der Waals surface area (Å²) in [4.78, 5) is 2.38. The second-order valence-corrected chi connectivity index (χ2v) is 17.1. The van der Waals surface area contributed by atoms with Gasteiger partial charge in [-0.05, 0) is 110 Å². The first-order valence-electron chi connectivity index (χ1n) is 22.0. The van der Waals surface area contributed by atoms with Crippen LogP contribution in [0.5, 0.6) is 0 Å². The molecule has 0 bridgehead atoms. The van der Waals surface area contributed by atoms with Gasteiger partial charge in [-0.3, -0.25) is 0 Å². The van der Waals surface area contributed by atoms with E-state index in [9.17, 15) is 0 Å². The SMILES string of the molecule is c1ccc(-c2ccc(N(c3ccc4c(c3)-c3ccccc3-c3ccccc3C43c4ccccc4-c4c3ccc3c4oc4ccccc43)c3ccc4c(c3)oc3ccccc34)cc2)cc1. The molecule has 1 unspecified atom stereocenters. The van der Waals surface area contributed by atoms with E-state index >= 15 is 0 Å². The molecular formula is C61H37NO2. The highest BCUT2D eigenvalue weighted by Crippen LogP contribution is 2.63. The molecule has 0 radical (unpaired) electrons. The molecule has 2 aliphatic rings. The lowest BCUT2D eigenvalue weighted by Crippen LogP contribution is -2.29. The van der Waals surface area contributed by atoms with Gasteiger partial charge >= 0.3 is 0 Å². The molecule has 12 aromatic rings. The summed E-state index contributed by atoms with van der Waals surface area (Å²) in [7, 11) is 0. The van der Waals surface area contributed by atoms with Gasteiger partial charge in [-0.15, -0.1) is 0 Å². The number of hydrogen-bond donors (Lipinski definition) is 0. The average Bonchev–Trinajstić information content (AvgIpc) is 4.00. The fraction of sp³-hybridized carbons (Fsp3) is 0.0164. The van der Waals surface area contributed by atoms with Crippen molar-refractivity contribution in [3.05, 3.63) is 247 Å². The molecule has 3 heteroatoms. The Kier molecular flexibility index (Phi) is 7.32. The van der Waals surface area contributed by atoms with E-state index in [1.54, 1.807) is 0 Å². The molecule has 0 saturated heterocycles. The second-order valence-electron chi connectivity index (χ2n) is 17.1. The van der Waals surface area contributed by atoms with Crippen molar-refractivity contribution in [2.75, 3.05) is 4.90 Å². The monoisotopic (exact) mass is 815 g/mol. The molecule has 2 aromatic heterocycles. The third kappa shape index (κ3) is 4.81. The lowest BCUT2D eigenvalue weighted by atomic mass is 9.66. The Morgan fingerprint density at radius 1 is 0.297 bits per heavy atom. The molecule has 3 nitrogen and oxygen atoms in total. The van der Waals surface area contributed by atoms with Crippen LogP contribution < -0.4 is 4.90 Å². The van der Waals surface area contributed by atoms with E-state index in [-0.39, 0.29) is 0 Å². The first kappa shape index (κ1) is 35.2. The molecule has 1 atom stereocenters. The standard InChI is InChI=1S/C61H37NO2/c1-2-14-38(15-3-1)39-26-28-40(29-27-39)62(42-30-32-48-46-19-8-12-24-56(46)63-58(48)37-42)41-31-34-54-51(36-41)44-17-5-4-16-43(44)45-18-6-10-22-52(45)61(54)53-23-11-7-21-50(53)59-55(61)35-33-49-47-20-9-13-25-57(47)64-60(49)59/h1-37H. The van der Waals surface area contributed by atoms with E-state index in [2.05, 4.69) is 217 Å². The van der Waals surface area contributed by atoms with Gasteiger partial charge in [-0.1, -0.05) is 170 Å². The summed E-state index contributed by atoms with van der Waals surface area (Å²) in [6, 6.07) is 81.7. The lowest BCUT2D eigenvalue weighted by Gasteiger charge is -2.36. The Morgan fingerprint density at radius 2 is 0.797 bits per heavy atom. The van der Waals surface area contributed by atoms with Crippen molar-refractivity contribution in [2.24, 2.45) is 0 Å². The van der Waals surface area contributed by atoms with Gasteiger partial charge in [0, 0.05) is 50.2 Å². The Bertz CT molecular complexity index is 3860. The first-order chi connectivity index (χ1) is 31.7. The third-order valence-corrected chi connectivity index (χ3v) is 13.9. The molecular weight excluding hydrogens is 779 g/mol. The summed E-state index contributed by atoms with van der Waals surface area (Å²) in [5.41, 5.74) is 20.6. The van der Waals surface area contributed by atoms with Gasteiger partial charge in [0.25, 0.3) is 0 Å². The molecule has 64 heavy (non-hydrogen) atoms. The Labute approximate surface area is 369 Å². The first-order valence-corrected chi connectivity index (χ1v) is 22.0. The van der Waals surface area contributed by atoms with Gasteiger partial charge in [0.15, 0.2) is 0 Å². The van der Waals surface area contributed by atoms with Crippen LogP contribution in [0.1, 0.15) is 22.3 Å². The van der Waals surface area contributed by atoms with Gasteiger partial charge in [0.2, 0.25) is 0 Å². The van der Waals surface area contributed by atoms with Crippen LogP contribution in [0.4, 0.5) is 17.1 Å². The van der Waals surface area contributed by atoms with Gasteiger partial charge in [-0.25, -0.2) is 0 Å². The van der Waals surface area contributed by atoms with Crippen LogP contribution in [0.25, 0.3) is 88.4 Å². The van der Waals surface area contributed by atoms with Crippen molar-refractivity contribution in [3.8, 4) is 44.5 Å². The van der Waals surface area contributed by atoms with Crippen molar-refractivity contribution in [2.45, 2.75) is 5.41 Å². The molecule has 0 N–H and O–H groups in total. The van der Waals surface area contributed by atoms with Gasteiger partial charge in [0.1, 0.15) is 22.3 Å². The highest BCUT2D eigenvalue weighted by atomic mass is 16.3. The fourth-order valence-electron chi connectivity index (χ4n) is 11.2. The molecule has 10 aromatic carbocycles. The van der Waals surface area contributed by atoms with E-state index in [4.69, 9.17) is 8.83 Å². The van der Waals surface area contributed by atoms with E-state index in [1.165, 1.54) is 66.8 Å². The van der Waals surface area contributed by atoms with Crippen LogP contribution in [0.3, 0.4) is 0 Å². The van der Waals surface area contributed by atoms with Crippen molar-refractivity contribution in [1.82, 2.24) is 0 Å². The zero-order valence-electron chi connectivity index (χ0n) is 34.6. The largest absolute Gasteiger partial charge is 0.456 e. The molecule has 2 heterocycles. The van der Waals surface area contributed by atoms with Crippen LogP contribution in [0.15, 0.2) is 233 Å². The predicted octanol–water partition coefficient (Wildman–Crippen LogP) is 16.6. The third-order valence-electron chi connectivity index (χ3n) is 13.9. The van der Waals surface area contributed by atoms with Crippen LogP contribution >= 0.6 is 0 Å². The zero-order valence-corrected chi connectivity index (χ0v) is 34.6. The minimum atomic E-state index is -0.655. The Hall–Kier alpha value is -8.40. The van der Waals surface area contributed by atoms with Crippen molar-refractivity contribution >= 4 is 60.9 Å². The number of anilines is 3. The number of fused-ring (bicyclic) bond motifs is 19. The van der Waals surface area contributed by atoms with Crippen molar-refractivity contribution < 1.29 is 8.83 Å². The normalized spacial score (nSPS) is 14.6. The molecule has 0 fully saturated rings. The summed E-state index contributed by atoms with van der Waals surface area (Å²) in [5, 5.41) is 4.49. The minimum Gasteiger partial charge on any atom is -0.456 e. The molecule has 298 valence electrons. The summed E-state index contributed by atoms with van der Waals surface area (Å²) in [6.07, 6.45) is 0. The molecule has 0 amide bonds. The maximum Gasteiger partial charge on any atom is 0.143 e. The van der Waals surface area contributed by atoms with Gasteiger partial charge in [0.05, 0.1) is 5.41 Å². The number of para-hydroxylation sites is 2. The maximum atomic E-state index is 6.88. The number of furan rings is 2. The Balaban J connectivity index is 1.06. The molecule has 0 saturated carbocycles. The van der Waals surface area contributed by atoms with Crippen LogP contribution in [0.2, 0.25) is 0 Å². The average molecular weight is 816 g/mol. The van der Waals surface area contributed by atoms with E-state index in [0.29, 0.717) is 0 Å². The molecule has 14 rings (SSSR count). The fourth-order valence-corrected chi connectivity index (χ4v) is 11.2. The summed E-state index contributed by atoms with van der Waals surface area (Å²) in [6.45, 7) is 0. The maximum absolute atomic E-state index is 6.88. The van der Waals surface area contributed by atoms with Crippen LogP contribution in [-0.2, 0) is 5.41 Å². The van der Waals surface area contributed by atoms with Crippen LogP contribution in [0, 0.1) is 0 Å². The summed E-state index contributed by atoms with van der Waals surface area (Å²) >= 11 is 0. The number of nitrogens with zero attached hydrogens (tertiary/aromatic N) is 1. The summed E-state index contributed by atoms with van der Waals surface area (Å²) < 4.78 is 13.4. The highest BCUT2D eigenvalue weighted by Gasteiger charge is 2.50. The van der Waals surface area contributed by atoms with Gasteiger partial charge < -0.3 is 13.7 Å². The molecule has 2 aliphatic carbocycles. The number of hydrogen-bond acceptors (Lipinski definition) is 3. The second kappa shape index (κ2) is 13.3. The predicted molar refractivity (Wildman–Crippen MR) is 263 cm³/mol. The zero-order chi connectivity index (χ0) is 41.9. The summed E-state index contributed by atoms with van der Waals surface area (Å²) in [5.74, 6) is 0.